The van der Waals surface area contributed by atoms with Gasteiger partial charge in [-0.15, -0.1) is 0 Å². The van der Waals surface area contributed by atoms with Crippen molar-refractivity contribution in [2.24, 2.45) is 0 Å². The predicted molar refractivity (Wildman–Crippen MR) is 109 cm³/mol. The Kier molecular flexibility index (Phi) is 7.61. The van der Waals surface area contributed by atoms with E-state index in [1.54, 1.807) is 14.0 Å². The van der Waals surface area contributed by atoms with Crippen LogP contribution in [0, 0.1) is 13.8 Å². The maximum absolute atomic E-state index is 12.3. The average Bonchev–Trinajstić information content (AvgIpc) is 2.98. The van der Waals surface area contributed by atoms with E-state index in [4.69, 9.17) is 4.74 Å². The molecule has 0 saturated heterocycles. The summed E-state index contributed by atoms with van der Waals surface area (Å²) in [5.41, 5.74) is 3.84. The van der Waals surface area contributed by atoms with Crippen LogP contribution < -0.4 is 15.4 Å². The SMILES string of the molecule is CCCNC(=O)[C@H](C)NC(=O)CCc1c(C)nn(-c2cccc(OC)c2)c1C. The second-order valence-corrected chi connectivity index (χ2v) is 6.84. The normalized spacial score (nSPS) is 11.8. The molecule has 1 atom stereocenters. The van der Waals surface area contributed by atoms with Crippen LogP contribution in [0.5, 0.6) is 5.75 Å². The van der Waals surface area contributed by atoms with E-state index < -0.39 is 6.04 Å². The fourth-order valence-electron chi connectivity index (χ4n) is 3.05. The quantitative estimate of drug-likeness (QED) is 0.693. The molecule has 2 N–H and O–H groups in total. The van der Waals surface area contributed by atoms with Gasteiger partial charge in [0.15, 0.2) is 0 Å². The third kappa shape index (κ3) is 5.34. The molecule has 0 aliphatic heterocycles. The fraction of sp³-hybridized carbons (Fsp3) is 0.476. The molecule has 152 valence electrons. The molecule has 0 radical (unpaired) electrons. The lowest BCUT2D eigenvalue weighted by molar-refractivity contribution is -0.128. The molecule has 1 heterocycles. The van der Waals surface area contributed by atoms with Gasteiger partial charge in [0, 0.05) is 24.7 Å². The molecule has 0 saturated carbocycles. The third-order valence-corrected chi connectivity index (χ3v) is 4.66. The van der Waals surface area contributed by atoms with Crippen molar-refractivity contribution in [3.8, 4) is 11.4 Å². The molecule has 0 aliphatic rings. The summed E-state index contributed by atoms with van der Waals surface area (Å²) in [6, 6.07) is 7.16. The summed E-state index contributed by atoms with van der Waals surface area (Å²) in [6.07, 6.45) is 1.73. The molecule has 2 aromatic rings. The molecule has 0 unspecified atom stereocenters. The van der Waals surface area contributed by atoms with Crippen LogP contribution in [0.3, 0.4) is 0 Å². The van der Waals surface area contributed by atoms with Gasteiger partial charge in [0.2, 0.25) is 11.8 Å². The van der Waals surface area contributed by atoms with E-state index in [0.717, 1.165) is 34.8 Å². The van der Waals surface area contributed by atoms with Gasteiger partial charge in [-0.2, -0.15) is 5.10 Å². The number of aryl methyl sites for hydroxylation is 1. The van der Waals surface area contributed by atoms with Crippen LogP contribution >= 0.6 is 0 Å². The highest BCUT2D eigenvalue weighted by atomic mass is 16.5. The van der Waals surface area contributed by atoms with Crippen LogP contribution in [0.4, 0.5) is 0 Å². The molecule has 7 nitrogen and oxygen atoms in total. The van der Waals surface area contributed by atoms with Crippen molar-refractivity contribution < 1.29 is 14.3 Å². The Morgan fingerprint density at radius 1 is 1.29 bits per heavy atom. The summed E-state index contributed by atoms with van der Waals surface area (Å²) < 4.78 is 7.15. The van der Waals surface area contributed by atoms with Crippen LogP contribution in [-0.2, 0) is 16.0 Å². The van der Waals surface area contributed by atoms with Crippen molar-refractivity contribution in [3.63, 3.8) is 0 Å². The number of benzene rings is 1. The summed E-state index contributed by atoms with van der Waals surface area (Å²) in [4.78, 5) is 24.1. The molecule has 0 bridgehead atoms. The van der Waals surface area contributed by atoms with E-state index >= 15 is 0 Å². The second-order valence-electron chi connectivity index (χ2n) is 6.84. The summed E-state index contributed by atoms with van der Waals surface area (Å²) >= 11 is 0. The first kappa shape index (κ1) is 21.5. The highest BCUT2D eigenvalue weighted by Crippen LogP contribution is 2.22. The zero-order chi connectivity index (χ0) is 20.7. The minimum atomic E-state index is -0.541. The van der Waals surface area contributed by atoms with Gasteiger partial charge >= 0.3 is 0 Å². The summed E-state index contributed by atoms with van der Waals surface area (Å²) in [5.74, 6) is 0.460. The van der Waals surface area contributed by atoms with Crippen LogP contribution in [0.15, 0.2) is 24.3 Å². The molecule has 2 rings (SSSR count). The number of ether oxygens (including phenoxy) is 1. The molecule has 2 amide bonds. The van der Waals surface area contributed by atoms with E-state index in [-0.39, 0.29) is 11.8 Å². The molecular formula is C21H30N4O3. The van der Waals surface area contributed by atoms with Gasteiger partial charge in [0.25, 0.3) is 0 Å². The standard InChI is InChI=1S/C21H30N4O3/c1-6-12-22-21(27)15(3)23-20(26)11-10-19-14(2)24-25(16(19)4)17-8-7-9-18(13-17)28-5/h7-9,13,15H,6,10-12H2,1-5H3,(H,22,27)(H,23,26)/t15-/m0/s1. The zero-order valence-corrected chi connectivity index (χ0v) is 17.3. The third-order valence-electron chi connectivity index (χ3n) is 4.66. The van der Waals surface area contributed by atoms with Gasteiger partial charge < -0.3 is 15.4 Å². The van der Waals surface area contributed by atoms with Gasteiger partial charge in [0.1, 0.15) is 11.8 Å². The fourth-order valence-corrected chi connectivity index (χ4v) is 3.05. The number of nitrogens with zero attached hydrogens (tertiary/aromatic N) is 2. The number of carbonyl (C=O) groups excluding carboxylic acids is 2. The Bertz CT molecular complexity index is 829. The van der Waals surface area contributed by atoms with Crippen molar-refractivity contribution in [1.29, 1.82) is 0 Å². The monoisotopic (exact) mass is 386 g/mol. The van der Waals surface area contributed by atoms with Crippen molar-refractivity contribution in [3.05, 3.63) is 41.2 Å². The molecule has 0 aliphatic carbocycles. The maximum atomic E-state index is 12.3. The largest absolute Gasteiger partial charge is 0.497 e. The highest BCUT2D eigenvalue weighted by molar-refractivity contribution is 5.87. The van der Waals surface area contributed by atoms with Crippen LogP contribution in [0.1, 0.15) is 43.6 Å². The minimum absolute atomic E-state index is 0.146. The molecule has 7 heteroatoms. The Labute approximate surface area is 166 Å². The molecular weight excluding hydrogens is 356 g/mol. The first-order valence-corrected chi connectivity index (χ1v) is 9.64. The number of nitrogens with one attached hydrogen (secondary N) is 2. The topological polar surface area (TPSA) is 85.3 Å². The van der Waals surface area contributed by atoms with Gasteiger partial charge in [-0.3, -0.25) is 9.59 Å². The Hall–Kier alpha value is -2.83. The predicted octanol–water partition coefficient (Wildman–Crippen LogP) is 2.46. The van der Waals surface area contributed by atoms with Gasteiger partial charge in [-0.05, 0) is 51.3 Å². The Morgan fingerprint density at radius 3 is 2.71 bits per heavy atom. The summed E-state index contributed by atoms with van der Waals surface area (Å²) in [7, 11) is 1.63. The van der Waals surface area contributed by atoms with Crippen molar-refractivity contribution >= 4 is 11.8 Å². The van der Waals surface area contributed by atoms with Crippen LogP contribution in [0.25, 0.3) is 5.69 Å². The van der Waals surface area contributed by atoms with Gasteiger partial charge in [0.05, 0.1) is 18.5 Å². The molecule has 28 heavy (non-hydrogen) atoms. The van der Waals surface area contributed by atoms with E-state index in [2.05, 4.69) is 15.7 Å². The molecule has 1 aromatic carbocycles. The Morgan fingerprint density at radius 2 is 2.04 bits per heavy atom. The second kappa shape index (κ2) is 9.92. The maximum Gasteiger partial charge on any atom is 0.242 e. The molecule has 0 fully saturated rings. The minimum Gasteiger partial charge on any atom is -0.497 e. The van der Waals surface area contributed by atoms with E-state index in [0.29, 0.717) is 19.4 Å². The van der Waals surface area contributed by atoms with E-state index in [9.17, 15) is 9.59 Å². The van der Waals surface area contributed by atoms with E-state index in [1.807, 2.05) is 49.7 Å². The smallest absolute Gasteiger partial charge is 0.242 e. The number of carbonyl (C=O) groups is 2. The Balaban J connectivity index is 2.02. The van der Waals surface area contributed by atoms with Crippen molar-refractivity contribution in [2.45, 2.75) is 53.0 Å². The first-order chi connectivity index (χ1) is 13.4. The van der Waals surface area contributed by atoms with Crippen LogP contribution in [0.2, 0.25) is 0 Å². The first-order valence-electron chi connectivity index (χ1n) is 9.64. The number of aromatic nitrogens is 2. The average molecular weight is 386 g/mol. The molecule has 0 spiro atoms. The van der Waals surface area contributed by atoms with Gasteiger partial charge in [-0.25, -0.2) is 4.68 Å². The number of rotatable bonds is 9. The van der Waals surface area contributed by atoms with Crippen LogP contribution in [-0.4, -0.2) is 41.3 Å². The van der Waals surface area contributed by atoms with Crippen molar-refractivity contribution in [1.82, 2.24) is 20.4 Å². The summed E-state index contributed by atoms with van der Waals surface area (Å²) in [6.45, 7) is 8.23. The number of hydrogen-bond acceptors (Lipinski definition) is 4. The number of hydrogen-bond donors (Lipinski definition) is 2. The zero-order valence-electron chi connectivity index (χ0n) is 17.3. The van der Waals surface area contributed by atoms with Crippen molar-refractivity contribution in [2.75, 3.05) is 13.7 Å². The van der Waals surface area contributed by atoms with E-state index in [1.165, 1.54) is 0 Å². The lowest BCUT2D eigenvalue weighted by atomic mass is 10.1. The lowest BCUT2D eigenvalue weighted by Gasteiger charge is -2.13. The summed E-state index contributed by atoms with van der Waals surface area (Å²) in [5, 5.41) is 10.2. The number of methoxy groups -OCH3 is 1. The number of amides is 2. The molecule has 1 aromatic heterocycles. The van der Waals surface area contributed by atoms with Gasteiger partial charge in [-0.1, -0.05) is 13.0 Å². The lowest BCUT2D eigenvalue weighted by Crippen LogP contribution is -2.45. The highest BCUT2D eigenvalue weighted by Gasteiger charge is 2.17.